The molecule has 0 bridgehead atoms. The molecule has 1 aromatic heterocycles. The van der Waals surface area contributed by atoms with Crippen LogP contribution < -0.4 is 9.47 Å². The van der Waals surface area contributed by atoms with E-state index in [2.05, 4.69) is 89.2 Å². The number of fused-ring (bicyclic) bond motifs is 6. The number of anilines is 2. The van der Waals surface area contributed by atoms with E-state index in [9.17, 15) is 0 Å². The monoisotopic (exact) mass is 325 g/mol. The van der Waals surface area contributed by atoms with Gasteiger partial charge in [0.05, 0.1) is 5.39 Å². The quantitative estimate of drug-likeness (QED) is 0.372. The van der Waals surface area contributed by atoms with Crippen molar-refractivity contribution in [2.75, 3.05) is 11.4 Å². The number of para-hydroxylation sites is 1. The van der Waals surface area contributed by atoms with E-state index in [4.69, 9.17) is 0 Å². The first-order valence-electron chi connectivity index (χ1n) is 9.06. The summed E-state index contributed by atoms with van der Waals surface area (Å²) in [5, 5.41) is 4.00. The van der Waals surface area contributed by atoms with E-state index in [0.29, 0.717) is 0 Å². The standard InChI is InChI=1S/C23H21N2/c1-2-17-11-13-18(14-12-17)24-15-16-25-22-10-6-5-8-20(22)19-7-3-4-9-21(19)23(24)25/h3-14H,2,15-16H2,1H3/q+1. The molecule has 0 spiro atoms. The van der Waals surface area contributed by atoms with Gasteiger partial charge in [-0.2, -0.15) is 0 Å². The molecule has 3 aromatic carbocycles. The van der Waals surface area contributed by atoms with Gasteiger partial charge in [-0.1, -0.05) is 55.5 Å². The van der Waals surface area contributed by atoms with Gasteiger partial charge in [-0.25, -0.2) is 9.47 Å². The summed E-state index contributed by atoms with van der Waals surface area (Å²) in [6, 6.07) is 26.6. The average molecular weight is 325 g/mol. The average Bonchev–Trinajstić information content (AvgIpc) is 3.14. The van der Waals surface area contributed by atoms with E-state index >= 15 is 0 Å². The lowest BCUT2D eigenvalue weighted by atomic mass is 10.1. The van der Waals surface area contributed by atoms with Crippen molar-refractivity contribution in [3.05, 3.63) is 78.4 Å². The Hall–Kier alpha value is -2.87. The van der Waals surface area contributed by atoms with Crippen LogP contribution in [0.1, 0.15) is 12.5 Å². The Labute approximate surface area is 147 Å². The lowest BCUT2D eigenvalue weighted by Gasteiger charge is -2.14. The third-order valence-corrected chi connectivity index (χ3v) is 5.37. The minimum Gasteiger partial charge on any atom is -0.223 e. The van der Waals surface area contributed by atoms with Crippen molar-refractivity contribution >= 4 is 33.2 Å². The lowest BCUT2D eigenvalue weighted by Crippen LogP contribution is -2.32. The van der Waals surface area contributed by atoms with Gasteiger partial charge in [0.2, 0.25) is 0 Å². The molecular formula is C23H21N2+. The zero-order valence-electron chi connectivity index (χ0n) is 14.4. The molecule has 0 saturated carbocycles. The van der Waals surface area contributed by atoms with Gasteiger partial charge in [0.1, 0.15) is 24.3 Å². The molecule has 0 saturated heterocycles. The van der Waals surface area contributed by atoms with E-state index in [1.54, 1.807) is 0 Å². The highest BCUT2D eigenvalue weighted by Crippen LogP contribution is 2.35. The van der Waals surface area contributed by atoms with E-state index < -0.39 is 0 Å². The largest absolute Gasteiger partial charge is 0.290 e. The summed E-state index contributed by atoms with van der Waals surface area (Å²) < 4.78 is 2.48. The number of benzene rings is 3. The smallest absolute Gasteiger partial charge is 0.223 e. The second-order valence-corrected chi connectivity index (χ2v) is 6.71. The summed E-state index contributed by atoms with van der Waals surface area (Å²) in [7, 11) is 0. The molecule has 2 heteroatoms. The summed E-state index contributed by atoms with van der Waals surface area (Å²) in [6.45, 7) is 4.25. The Kier molecular flexibility index (Phi) is 3.24. The summed E-state index contributed by atoms with van der Waals surface area (Å²) >= 11 is 0. The number of pyridine rings is 1. The van der Waals surface area contributed by atoms with Crippen molar-refractivity contribution in [2.45, 2.75) is 19.9 Å². The second-order valence-electron chi connectivity index (χ2n) is 6.71. The Balaban J connectivity index is 1.80. The Morgan fingerprint density at radius 2 is 1.48 bits per heavy atom. The van der Waals surface area contributed by atoms with Crippen LogP contribution >= 0.6 is 0 Å². The molecule has 2 heterocycles. The van der Waals surface area contributed by atoms with Gasteiger partial charge in [-0.15, -0.1) is 0 Å². The highest BCUT2D eigenvalue weighted by Gasteiger charge is 2.33. The first kappa shape index (κ1) is 14.5. The molecule has 0 amide bonds. The predicted octanol–water partition coefficient (Wildman–Crippen LogP) is 4.99. The molecule has 0 unspecified atom stereocenters. The van der Waals surface area contributed by atoms with E-state index in [1.807, 2.05) is 0 Å². The third-order valence-electron chi connectivity index (χ3n) is 5.37. The maximum Gasteiger partial charge on any atom is 0.290 e. The minimum absolute atomic E-state index is 1.02. The van der Waals surface area contributed by atoms with Crippen LogP contribution in [0.15, 0.2) is 72.8 Å². The molecule has 0 N–H and O–H groups in total. The van der Waals surface area contributed by atoms with Crippen LogP contribution in [0.4, 0.5) is 11.5 Å². The third kappa shape index (κ3) is 2.14. The van der Waals surface area contributed by atoms with Gasteiger partial charge >= 0.3 is 0 Å². The SMILES string of the molecule is CCc1ccc(N2CC[n+]3c2c2ccccc2c2ccccc23)cc1. The lowest BCUT2D eigenvalue weighted by molar-refractivity contribution is -0.643. The van der Waals surface area contributed by atoms with Crippen molar-refractivity contribution in [3.8, 4) is 0 Å². The molecule has 4 aromatic rings. The fourth-order valence-corrected chi connectivity index (χ4v) is 4.10. The van der Waals surface area contributed by atoms with Gasteiger partial charge in [0.25, 0.3) is 5.82 Å². The van der Waals surface area contributed by atoms with Crippen molar-refractivity contribution in [1.29, 1.82) is 0 Å². The molecule has 0 fully saturated rings. The highest BCUT2D eigenvalue weighted by atomic mass is 15.3. The molecule has 0 radical (unpaired) electrons. The molecular weight excluding hydrogens is 304 g/mol. The summed E-state index contributed by atoms with van der Waals surface area (Å²) in [5.41, 5.74) is 3.99. The normalized spacial score (nSPS) is 13.6. The Morgan fingerprint density at radius 3 is 2.24 bits per heavy atom. The summed E-state index contributed by atoms with van der Waals surface area (Å²) in [4.78, 5) is 2.47. The minimum atomic E-state index is 1.02. The van der Waals surface area contributed by atoms with Crippen LogP contribution in [0.25, 0.3) is 21.7 Å². The van der Waals surface area contributed by atoms with Gasteiger partial charge < -0.3 is 0 Å². The predicted molar refractivity (Wildman–Crippen MR) is 104 cm³/mol. The molecule has 0 atom stereocenters. The van der Waals surface area contributed by atoms with Crippen LogP contribution in [0.2, 0.25) is 0 Å². The number of hydrogen-bond acceptors (Lipinski definition) is 1. The number of nitrogens with zero attached hydrogens (tertiary/aromatic N) is 2. The first-order valence-corrected chi connectivity index (χ1v) is 9.06. The van der Waals surface area contributed by atoms with Crippen molar-refractivity contribution in [1.82, 2.24) is 0 Å². The first-order chi connectivity index (χ1) is 12.4. The number of hydrogen-bond donors (Lipinski definition) is 0. The number of aryl methyl sites for hydroxylation is 1. The fourth-order valence-electron chi connectivity index (χ4n) is 4.10. The van der Waals surface area contributed by atoms with Crippen molar-refractivity contribution < 1.29 is 4.57 Å². The molecule has 1 aliphatic rings. The van der Waals surface area contributed by atoms with E-state index in [0.717, 1.165) is 19.5 Å². The topological polar surface area (TPSA) is 7.12 Å². The molecule has 25 heavy (non-hydrogen) atoms. The fraction of sp³-hybridized carbons (Fsp3) is 0.174. The van der Waals surface area contributed by atoms with Crippen LogP contribution in [-0.2, 0) is 13.0 Å². The maximum absolute atomic E-state index is 2.48. The molecule has 122 valence electrons. The Morgan fingerprint density at radius 1 is 0.800 bits per heavy atom. The van der Waals surface area contributed by atoms with Crippen LogP contribution in [0.5, 0.6) is 0 Å². The van der Waals surface area contributed by atoms with Gasteiger partial charge in [0, 0.05) is 10.8 Å². The molecule has 0 aliphatic carbocycles. The van der Waals surface area contributed by atoms with Crippen LogP contribution in [-0.4, -0.2) is 6.54 Å². The van der Waals surface area contributed by atoms with E-state index in [1.165, 1.54) is 38.7 Å². The molecule has 2 nitrogen and oxygen atoms in total. The maximum atomic E-state index is 2.48. The van der Waals surface area contributed by atoms with Gasteiger partial charge in [-0.05, 0) is 36.2 Å². The van der Waals surface area contributed by atoms with Gasteiger partial charge in [-0.3, -0.25) is 0 Å². The summed E-state index contributed by atoms with van der Waals surface area (Å²) in [5.74, 6) is 1.32. The zero-order valence-corrected chi connectivity index (χ0v) is 14.4. The van der Waals surface area contributed by atoms with Crippen LogP contribution in [0, 0.1) is 0 Å². The second kappa shape index (κ2) is 5.59. The van der Waals surface area contributed by atoms with Crippen molar-refractivity contribution in [2.24, 2.45) is 0 Å². The molecule has 1 aliphatic heterocycles. The van der Waals surface area contributed by atoms with Crippen molar-refractivity contribution in [3.63, 3.8) is 0 Å². The molecule has 5 rings (SSSR count). The van der Waals surface area contributed by atoms with Gasteiger partial charge in [0.15, 0.2) is 0 Å². The van der Waals surface area contributed by atoms with E-state index in [-0.39, 0.29) is 0 Å². The summed E-state index contributed by atoms with van der Waals surface area (Å²) in [6.07, 6.45) is 1.08. The van der Waals surface area contributed by atoms with Crippen LogP contribution in [0.3, 0.4) is 0 Å². The highest BCUT2D eigenvalue weighted by molar-refractivity contribution is 6.08. The number of rotatable bonds is 2. The number of aromatic nitrogens is 1. The Bertz CT molecular complexity index is 1080. The zero-order chi connectivity index (χ0) is 16.8.